The van der Waals surface area contributed by atoms with E-state index in [0.29, 0.717) is 0 Å². The van der Waals surface area contributed by atoms with Crippen molar-refractivity contribution in [2.75, 3.05) is 7.05 Å². The highest BCUT2D eigenvalue weighted by molar-refractivity contribution is 5.69. The molecular formula is C17H22N2. The standard InChI is InChI=1S/C17H22N2/c1-6-13(3)17(10-14(4)18-5)11-15(7-2)16-8-9-19-12-16/h6-7,9-12,18H,1,3,8H2,2,4-5H3/b14-10+,15-7+,17-11-. The molecule has 0 aromatic rings. The van der Waals surface area contributed by atoms with Crippen molar-refractivity contribution in [3.8, 4) is 0 Å². The lowest BCUT2D eigenvalue weighted by atomic mass is 9.98. The summed E-state index contributed by atoms with van der Waals surface area (Å²) in [7, 11) is 1.91. The van der Waals surface area contributed by atoms with Crippen molar-refractivity contribution in [1.29, 1.82) is 0 Å². The molecule has 0 amide bonds. The number of hydrogen-bond acceptors (Lipinski definition) is 2. The third-order valence-electron chi connectivity index (χ3n) is 3.02. The SMILES string of the molecule is C=CC(=C)C(=C\C(=C/C)C1=CN=CC1)/C=C(\C)NC. The predicted octanol–water partition coefficient (Wildman–Crippen LogP) is 4.08. The van der Waals surface area contributed by atoms with E-state index in [1.165, 1.54) is 11.1 Å². The zero-order valence-corrected chi connectivity index (χ0v) is 12.0. The summed E-state index contributed by atoms with van der Waals surface area (Å²) in [6.07, 6.45) is 12.8. The van der Waals surface area contributed by atoms with Crippen LogP contribution in [0.4, 0.5) is 0 Å². The molecule has 0 saturated heterocycles. The lowest BCUT2D eigenvalue weighted by molar-refractivity contribution is 0.987. The Morgan fingerprint density at radius 1 is 1.42 bits per heavy atom. The molecule has 0 aliphatic carbocycles. The monoisotopic (exact) mass is 254 g/mol. The van der Waals surface area contributed by atoms with E-state index in [1.807, 2.05) is 33.3 Å². The molecule has 0 bridgehead atoms. The number of nitrogens with one attached hydrogen (secondary N) is 1. The zero-order chi connectivity index (χ0) is 14.3. The van der Waals surface area contributed by atoms with Gasteiger partial charge in [0.05, 0.1) is 0 Å². The Bertz CT molecular complexity index is 511. The van der Waals surface area contributed by atoms with E-state index in [0.717, 1.165) is 23.3 Å². The number of allylic oxidation sites excluding steroid dienone is 9. The Hall–Kier alpha value is -2.09. The van der Waals surface area contributed by atoms with Crippen molar-refractivity contribution in [2.24, 2.45) is 4.99 Å². The predicted molar refractivity (Wildman–Crippen MR) is 85.2 cm³/mol. The first-order chi connectivity index (χ1) is 9.12. The topological polar surface area (TPSA) is 24.4 Å². The molecule has 1 rings (SSSR count). The lowest BCUT2D eigenvalue weighted by Gasteiger charge is -2.08. The van der Waals surface area contributed by atoms with Gasteiger partial charge >= 0.3 is 0 Å². The van der Waals surface area contributed by atoms with Gasteiger partial charge in [-0.25, -0.2) is 0 Å². The van der Waals surface area contributed by atoms with Crippen LogP contribution in [0.25, 0.3) is 0 Å². The third kappa shape index (κ3) is 4.25. The Kier molecular flexibility index (Phi) is 5.80. The van der Waals surface area contributed by atoms with Gasteiger partial charge in [0.2, 0.25) is 0 Å². The fourth-order valence-electron chi connectivity index (χ4n) is 1.72. The fourth-order valence-corrected chi connectivity index (χ4v) is 1.72. The first kappa shape index (κ1) is 15.0. The maximum Gasteiger partial charge on any atom is 0.0305 e. The summed E-state index contributed by atoms with van der Waals surface area (Å²) in [6.45, 7) is 11.9. The van der Waals surface area contributed by atoms with Crippen LogP contribution in [0.5, 0.6) is 0 Å². The van der Waals surface area contributed by atoms with E-state index < -0.39 is 0 Å². The molecule has 1 N–H and O–H groups in total. The van der Waals surface area contributed by atoms with Crippen molar-refractivity contribution in [3.05, 3.63) is 71.7 Å². The molecule has 1 heterocycles. The molecule has 0 spiro atoms. The lowest BCUT2D eigenvalue weighted by Crippen LogP contribution is -2.02. The number of nitrogens with zero attached hydrogens (tertiary/aromatic N) is 1. The van der Waals surface area contributed by atoms with Crippen molar-refractivity contribution >= 4 is 6.21 Å². The van der Waals surface area contributed by atoms with E-state index >= 15 is 0 Å². The van der Waals surface area contributed by atoms with Gasteiger partial charge in [0, 0.05) is 31.6 Å². The van der Waals surface area contributed by atoms with Crippen LogP contribution in [-0.4, -0.2) is 13.3 Å². The summed E-state index contributed by atoms with van der Waals surface area (Å²) >= 11 is 0. The van der Waals surface area contributed by atoms with Crippen LogP contribution in [0.1, 0.15) is 20.3 Å². The Labute approximate surface area is 116 Å². The summed E-state index contributed by atoms with van der Waals surface area (Å²) < 4.78 is 0. The second-order valence-electron chi connectivity index (χ2n) is 4.34. The molecule has 1 aliphatic rings. The van der Waals surface area contributed by atoms with E-state index in [9.17, 15) is 0 Å². The second-order valence-corrected chi connectivity index (χ2v) is 4.34. The van der Waals surface area contributed by atoms with Crippen LogP contribution >= 0.6 is 0 Å². The van der Waals surface area contributed by atoms with Gasteiger partial charge in [-0.2, -0.15) is 0 Å². The molecule has 0 saturated carbocycles. The molecular weight excluding hydrogens is 232 g/mol. The average Bonchev–Trinajstić information content (AvgIpc) is 2.96. The molecule has 0 aromatic carbocycles. The second kappa shape index (κ2) is 7.37. The van der Waals surface area contributed by atoms with Crippen molar-refractivity contribution < 1.29 is 0 Å². The molecule has 100 valence electrons. The molecule has 19 heavy (non-hydrogen) atoms. The Morgan fingerprint density at radius 2 is 2.16 bits per heavy atom. The largest absolute Gasteiger partial charge is 0.392 e. The zero-order valence-electron chi connectivity index (χ0n) is 12.0. The van der Waals surface area contributed by atoms with Gasteiger partial charge in [0.1, 0.15) is 0 Å². The van der Waals surface area contributed by atoms with Crippen LogP contribution in [0, 0.1) is 0 Å². The highest BCUT2D eigenvalue weighted by Crippen LogP contribution is 2.23. The molecule has 0 unspecified atom stereocenters. The summed E-state index contributed by atoms with van der Waals surface area (Å²) in [4.78, 5) is 4.16. The summed E-state index contributed by atoms with van der Waals surface area (Å²) in [5.74, 6) is 0. The highest BCUT2D eigenvalue weighted by Gasteiger charge is 2.06. The molecule has 2 heteroatoms. The van der Waals surface area contributed by atoms with Crippen LogP contribution in [0.2, 0.25) is 0 Å². The van der Waals surface area contributed by atoms with Gasteiger partial charge in [-0.15, -0.1) is 0 Å². The van der Waals surface area contributed by atoms with Crippen molar-refractivity contribution in [1.82, 2.24) is 5.32 Å². The minimum absolute atomic E-state index is 0.888. The fraction of sp³-hybridized carbons (Fsp3) is 0.235. The third-order valence-corrected chi connectivity index (χ3v) is 3.02. The molecule has 0 aromatic heterocycles. The van der Waals surface area contributed by atoms with Gasteiger partial charge in [-0.05, 0) is 48.3 Å². The van der Waals surface area contributed by atoms with Crippen LogP contribution < -0.4 is 5.32 Å². The molecule has 1 aliphatic heterocycles. The molecule has 0 fully saturated rings. The first-order valence-electron chi connectivity index (χ1n) is 6.39. The highest BCUT2D eigenvalue weighted by atomic mass is 14.8. The van der Waals surface area contributed by atoms with E-state index in [4.69, 9.17) is 0 Å². The van der Waals surface area contributed by atoms with Crippen LogP contribution in [-0.2, 0) is 0 Å². The van der Waals surface area contributed by atoms with E-state index in [2.05, 4.69) is 41.7 Å². The molecule has 2 nitrogen and oxygen atoms in total. The number of hydrogen-bond donors (Lipinski definition) is 1. The molecule has 0 atom stereocenters. The van der Waals surface area contributed by atoms with Gasteiger partial charge in [0.15, 0.2) is 0 Å². The maximum atomic E-state index is 4.16. The minimum Gasteiger partial charge on any atom is -0.392 e. The summed E-state index contributed by atoms with van der Waals surface area (Å²) in [5, 5.41) is 3.12. The smallest absolute Gasteiger partial charge is 0.0305 e. The van der Waals surface area contributed by atoms with E-state index in [1.54, 1.807) is 6.08 Å². The van der Waals surface area contributed by atoms with Gasteiger partial charge in [-0.1, -0.05) is 25.3 Å². The van der Waals surface area contributed by atoms with Crippen molar-refractivity contribution in [2.45, 2.75) is 20.3 Å². The summed E-state index contributed by atoms with van der Waals surface area (Å²) in [6, 6.07) is 0. The van der Waals surface area contributed by atoms with Crippen LogP contribution in [0.15, 0.2) is 76.6 Å². The van der Waals surface area contributed by atoms with Gasteiger partial charge in [0.25, 0.3) is 0 Å². The number of rotatable bonds is 6. The maximum absolute atomic E-state index is 4.16. The summed E-state index contributed by atoms with van der Waals surface area (Å²) in [5.41, 5.74) is 5.46. The average molecular weight is 254 g/mol. The van der Waals surface area contributed by atoms with E-state index in [-0.39, 0.29) is 0 Å². The Balaban J connectivity index is 3.12. The normalized spacial score (nSPS) is 16.4. The van der Waals surface area contributed by atoms with Gasteiger partial charge < -0.3 is 5.32 Å². The van der Waals surface area contributed by atoms with Gasteiger partial charge in [-0.3, -0.25) is 4.99 Å². The molecule has 0 radical (unpaired) electrons. The Morgan fingerprint density at radius 3 is 2.63 bits per heavy atom. The first-order valence-corrected chi connectivity index (χ1v) is 6.39. The minimum atomic E-state index is 0.888. The number of aliphatic imine (C=N–C) groups is 1. The van der Waals surface area contributed by atoms with Crippen molar-refractivity contribution in [3.63, 3.8) is 0 Å². The quantitative estimate of drug-likeness (QED) is 0.710. The van der Waals surface area contributed by atoms with Crippen LogP contribution in [0.3, 0.4) is 0 Å².